The van der Waals surface area contributed by atoms with Crippen LogP contribution >= 0.6 is 15.9 Å². The zero-order valence-electron chi connectivity index (χ0n) is 18.7. The van der Waals surface area contributed by atoms with Crippen LogP contribution in [0.2, 0.25) is 0 Å². The van der Waals surface area contributed by atoms with Crippen LogP contribution in [0.15, 0.2) is 53.0 Å². The van der Waals surface area contributed by atoms with Gasteiger partial charge in [0.2, 0.25) is 0 Å². The number of likely N-dealkylation sites (N-methyl/N-ethyl adjacent to an activating group) is 1. The maximum absolute atomic E-state index is 14.6. The van der Waals surface area contributed by atoms with Crippen molar-refractivity contribution in [3.63, 3.8) is 0 Å². The summed E-state index contributed by atoms with van der Waals surface area (Å²) < 4.78 is 32.8. The predicted molar refractivity (Wildman–Crippen MR) is 128 cm³/mol. The van der Waals surface area contributed by atoms with E-state index >= 15 is 0 Å². The van der Waals surface area contributed by atoms with Crippen LogP contribution < -0.4 is 11.1 Å². The molecule has 2 aromatic carbocycles. The number of nitrogens with zero attached hydrogens (tertiary/aromatic N) is 2. The van der Waals surface area contributed by atoms with E-state index in [4.69, 9.17) is 15.7 Å². The van der Waals surface area contributed by atoms with Crippen LogP contribution in [0.4, 0.5) is 8.78 Å². The molecule has 2 atom stereocenters. The van der Waals surface area contributed by atoms with Crippen LogP contribution in [0.1, 0.15) is 25.8 Å². The molecule has 10 heteroatoms. The fourth-order valence-corrected chi connectivity index (χ4v) is 4.13. The normalized spacial score (nSPS) is 24.6. The van der Waals surface area contributed by atoms with Gasteiger partial charge in [-0.25, -0.2) is 4.39 Å². The van der Waals surface area contributed by atoms with Crippen molar-refractivity contribution in [2.45, 2.75) is 31.3 Å². The monoisotopic (exact) mass is 518 g/mol. The van der Waals surface area contributed by atoms with Crippen molar-refractivity contribution in [2.24, 2.45) is 5.73 Å². The molecule has 2 saturated heterocycles. The van der Waals surface area contributed by atoms with Gasteiger partial charge in [-0.3, -0.25) is 0 Å². The Morgan fingerprint density at radius 3 is 2.48 bits per heavy atom. The standard InChI is InChI=1S/C15H15BBrFN4O2.C6H5F.C2H6/c1-22-12(23)14(20)4-5-24-7-15(14,21-13(22)16-8-19)10-6-9(17)2-3-11(10)18;7-6-4-2-1-3-5-6;1-2/h2-3,6,21H,4-5,7,20H2,1H3;1-5H;1-2H3. The number of nitrogens with one attached hydrogen (secondary N) is 1. The Balaban J connectivity index is 0.000000362. The largest absolute Gasteiger partial charge is 0.207 e. The first kappa shape index (κ1) is 26.6. The van der Waals surface area contributed by atoms with Crippen molar-refractivity contribution in [1.29, 1.82) is 5.26 Å². The minimum atomic E-state index is -1.39. The van der Waals surface area contributed by atoms with Crippen molar-refractivity contribution in [2.75, 3.05) is 20.3 Å². The first-order chi connectivity index (χ1) is 15.7. The number of nitrogens with two attached hydrogens (primary N) is 1. The molecule has 2 aromatic rings. The van der Waals surface area contributed by atoms with Crippen LogP contribution in [0, 0.1) is 22.9 Å². The third-order valence-corrected chi connectivity index (χ3v) is 5.93. The van der Waals surface area contributed by atoms with E-state index in [1.807, 2.05) is 19.8 Å². The van der Waals surface area contributed by atoms with Crippen LogP contribution in [-0.2, 0) is 15.1 Å². The Morgan fingerprint density at radius 2 is 1.91 bits per heavy atom. The minimum Gasteiger partial charge on any atom is -0.207 e. The van der Waals surface area contributed by atoms with Gasteiger partial charge in [0.15, 0.2) is 0 Å². The van der Waals surface area contributed by atoms with E-state index in [9.17, 15) is 13.6 Å². The molecule has 2 unspecified atom stereocenters. The summed E-state index contributed by atoms with van der Waals surface area (Å²) in [5.74, 6) is 0.826. The maximum atomic E-state index is 14.6. The minimum absolute atomic E-state index is 0.0131. The van der Waals surface area contributed by atoms with E-state index < -0.39 is 16.9 Å². The fourth-order valence-electron chi connectivity index (χ4n) is 3.77. The van der Waals surface area contributed by atoms with Gasteiger partial charge in [0.05, 0.1) is 0 Å². The Hall–Kier alpha value is -2.61. The first-order valence-corrected chi connectivity index (χ1v) is 11.2. The Bertz CT molecular complexity index is 1050. The SMILES string of the molecule is CC.CN1C(=O)C2(N)CCOCC2(c2cc(Br)ccc2F)NC1=BC#N.Fc1ccccc1. The molecule has 0 bridgehead atoms. The van der Waals surface area contributed by atoms with E-state index in [-0.39, 0.29) is 36.0 Å². The summed E-state index contributed by atoms with van der Waals surface area (Å²) in [6, 6.07) is 12.4. The smallest absolute Gasteiger partial charge is 0.123 e. The van der Waals surface area contributed by atoms with Gasteiger partial charge in [-0.05, 0) is 12.1 Å². The quantitative estimate of drug-likeness (QED) is 0.566. The van der Waals surface area contributed by atoms with Gasteiger partial charge < -0.3 is 0 Å². The summed E-state index contributed by atoms with van der Waals surface area (Å²) in [7, 11) is 1.53. The van der Waals surface area contributed by atoms with Crippen molar-refractivity contribution in [1.82, 2.24) is 10.2 Å². The van der Waals surface area contributed by atoms with Gasteiger partial charge in [0.1, 0.15) is 5.82 Å². The number of carbonyl (C=O) groups is 1. The molecule has 0 aliphatic carbocycles. The Kier molecular flexibility index (Phi) is 9.29. The molecule has 2 fully saturated rings. The number of ether oxygens (including phenoxy) is 1. The van der Waals surface area contributed by atoms with Gasteiger partial charge >= 0.3 is 147 Å². The van der Waals surface area contributed by atoms with Crippen molar-refractivity contribution < 1.29 is 18.3 Å². The van der Waals surface area contributed by atoms with E-state index in [2.05, 4.69) is 21.2 Å². The molecule has 0 aromatic heterocycles. The first-order valence-electron chi connectivity index (χ1n) is 10.4. The molecule has 2 aliphatic rings. The number of rotatable bonds is 1. The van der Waals surface area contributed by atoms with Crippen LogP contribution in [0.5, 0.6) is 0 Å². The summed E-state index contributed by atoms with van der Waals surface area (Å²) in [5.41, 5.74) is 4.31. The van der Waals surface area contributed by atoms with Gasteiger partial charge in [0, 0.05) is 0 Å². The van der Waals surface area contributed by atoms with Crippen LogP contribution in [-0.4, -0.2) is 49.2 Å². The van der Waals surface area contributed by atoms with Gasteiger partial charge in [0.25, 0.3) is 0 Å². The van der Waals surface area contributed by atoms with Crippen molar-refractivity contribution in [3.8, 4) is 5.97 Å². The van der Waals surface area contributed by atoms with Crippen LogP contribution in [0.25, 0.3) is 0 Å². The van der Waals surface area contributed by atoms with Gasteiger partial charge in [-0.1, -0.05) is 32.0 Å². The predicted octanol–water partition coefficient (Wildman–Crippen LogP) is 3.09. The van der Waals surface area contributed by atoms with Gasteiger partial charge in [-0.2, -0.15) is 0 Å². The van der Waals surface area contributed by atoms with E-state index in [0.29, 0.717) is 11.1 Å². The van der Waals surface area contributed by atoms with E-state index in [1.165, 1.54) is 37.1 Å². The van der Waals surface area contributed by atoms with Crippen molar-refractivity contribution in [3.05, 3.63) is 70.2 Å². The molecule has 3 N–H and O–H groups in total. The number of hydrogen-bond donors (Lipinski definition) is 2. The molecule has 1 amide bonds. The summed E-state index contributed by atoms with van der Waals surface area (Å²) >= 11 is 3.33. The zero-order chi connectivity index (χ0) is 24.6. The number of carbonyl (C=O) groups excluding carboxylic acids is 1. The molecule has 0 spiro atoms. The summed E-state index contributed by atoms with van der Waals surface area (Å²) in [6.07, 6.45) is 0.231. The number of hydrogen-bond acceptors (Lipinski definition) is 5. The Morgan fingerprint density at radius 1 is 1.24 bits per heavy atom. The van der Waals surface area contributed by atoms with Crippen LogP contribution in [0.3, 0.4) is 0 Å². The molecule has 2 aliphatic heterocycles. The molecule has 4 rings (SSSR count). The second kappa shape index (κ2) is 11.5. The molecule has 174 valence electrons. The van der Waals surface area contributed by atoms with E-state index in [0.717, 1.165) is 0 Å². The number of amides is 1. The Labute approximate surface area is 201 Å². The number of halogens is 3. The molecule has 0 radical (unpaired) electrons. The summed E-state index contributed by atoms with van der Waals surface area (Å²) in [5, 5.41) is 12.1. The maximum Gasteiger partial charge on any atom is 0.123 e. The number of nitriles is 1. The second-order valence-corrected chi connectivity index (χ2v) is 8.16. The molecular formula is C23H26BBrF2N4O2. The topological polar surface area (TPSA) is 91.4 Å². The summed E-state index contributed by atoms with van der Waals surface area (Å²) in [4.78, 5) is 14.3. The van der Waals surface area contributed by atoms with Gasteiger partial charge in [-0.15, -0.1) is 0 Å². The fraction of sp³-hybridized carbons (Fsp3) is 0.348. The third-order valence-electron chi connectivity index (χ3n) is 5.43. The summed E-state index contributed by atoms with van der Waals surface area (Å²) in [6.45, 7) is 5.51. The molecule has 2 heterocycles. The molecular weight excluding hydrogens is 493 g/mol. The second-order valence-electron chi connectivity index (χ2n) is 7.25. The third kappa shape index (κ3) is 5.32. The average molecular weight is 519 g/mol. The van der Waals surface area contributed by atoms with E-state index in [1.54, 1.807) is 30.3 Å². The average Bonchev–Trinajstić information content (AvgIpc) is 2.82. The molecule has 0 saturated carbocycles. The molecule has 33 heavy (non-hydrogen) atoms. The number of fused-ring (bicyclic) bond motifs is 1. The van der Waals surface area contributed by atoms with Crippen molar-refractivity contribution >= 4 is 34.5 Å². The molecule has 6 nitrogen and oxygen atoms in total. The zero-order valence-corrected chi connectivity index (χ0v) is 20.3. The number of benzene rings is 2.